The maximum Gasteiger partial charge on any atom is 0.119 e. The Labute approximate surface area is 105 Å². The lowest BCUT2D eigenvalue weighted by atomic mass is 10.1. The standard InChI is InChI=1S/C13H15N3S/c1-2-12(14)10-3-5-11(6-4-10)17-13-9-15-7-8-16-13/h3-9,12H,2,14H2,1H3/t12-/m1/s1. The van der Waals surface area contributed by atoms with Crippen LogP contribution in [0, 0.1) is 0 Å². The van der Waals surface area contributed by atoms with E-state index in [1.807, 2.05) is 0 Å². The Balaban J connectivity index is 2.08. The predicted octanol–water partition coefficient (Wildman–Crippen LogP) is 3.04. The molecule has 0 bridgehead atoms. The molecule has 4 heteroatoms. The highest BCUT2D eigenvalue weighted by atomic mass is 32.2. The number of hydrogen-bond donors (Lipinski definition) is 1. The SMILES string of the molecule is CC[C@@H](N)c1ccc(Sc2cnccn2)cc1. The van der Waals surface area contributed by atoms with Crippen LogP contribution < -0.4 is 5.73 Å². The van der Waals surface area contributed by atoms with Gasteiger partial charge in [0.2, 0.25) is 0 Å². The highest BCUT2D eigenvalue weighted by molar-refractivity contribution is 7.99. The van der Waals surface area contributed by atoms with Crippen molar-refractivity contribution in [3.63, 3.8) is 0 Å². The minimum Gasteiger partial charge on any atom is -0.324 e. The number of aromatic nitrogens is 2. The van der Waals surface area contributed by atoms with E-state index in [2.05, 4.69) is 41.2 Å². The monoisotopic (exact) mass is 245 g/mol. The van der Waals surface area contributed by atoms with Crippen LogP contribution in [0.5, 0.6) is 0 Å². The molecule has 0 fully saturated rings. The number of rotatable bonds is 4. The van der Waals surface area contributed by atoms with Gasteiger partial charge in [0.15, 0.2) is 0 Å². The van der Waals surface area contributed by atoms with Crippen LogP contribution >= 0.6 is 11.8 Å². The summed E-state index contributed by atoms with van der Waals surface area (Å²) in [4.78, 5) is 9.41. The average Bonchev–Trinajstić information content (AvgIpc) is 2.40. The van der Waals surface area contributed by atoms with Crippen molar-refractivity contribution in [3.05, 3.63) is 48.4 Å². The molecule has 0 aliphatic heterocycles. The lowest BCUT2D eigenvalue weighted by Crippen LogP contribution is -2.07. The highest BCUT2D eigenvalue weighted by Crippen LogP contribution is 2.26. The van der Waals surface area contributed by atoms with E-state index in [1.54, 1.807) is 30.4 Å². The fourth-order valence-electron chi connectivity index (χ4n) is 1.48. The van der Waals surface area contributed by atoms with Gasteiger partial charge in [-0.1, -0.05) is 30.8 Å². The molecule has 0 saturated heterocycles. The molecule has 2 aromatic rings. The van der Waals surface area contributed by atoms with Crippen LogP contribution in [0.1, 0.15) is 24.9 Å². The molecule has 88 valence electrons. The molecule has 1 heterocycles. The first-order chi connectivity index (χ1) is 8.29. The summed E-state index contributed by atoms with van der Waals surface area (Å²) in [6.45, 7) is 2.09. The molecule has 2 rings (SSSR count). The van der Waals surface area contributed by atoms with Crippen LogP contribution in [0.4, 0.5) is 0 Å². The fourth-order valence-corrected chi connectivity index (χ4v) is 2.22. The van der Waals surface area contributed by atoms with Crippen LogP contribution in [0.2, 0.25) is 0 Å². The van der Waals surface area contributed by atoms with Gasteiger partial charge in [-0.2, -0.15) is 0 Å². The van der Waals surface area contributed by atoms with Crippen LogP contribution in [0.25, 0.3) is 0 Å². The Hall–Kier alpha value is -1.39. The lowest BCUT2D eigenvalue weighted by Gasteiger charge is -2.09. The molecule has 1 aromatic heterocycles. The fraction of sp³-hybridized carbons (Fsp3) is 0.231. The summed E-state index contributed by atoms with van der Waals surface area (Å²) < 4.78 is 0. The molecule has 0 unspecified atom stereocenters. The third-order valence-electron chi connectivity index (χ3n) is 2.51. The molecule has 0 aliphatic rings. The molecule has 2 N–H and O–H groups in total. The van der Waals surface area contributed by atoms with Crippen molar-refractivity contribution in [2.45, 2.75) is 29.3 Å². The molecule has 3 nitrogen and oxygen atoms in total. The number of nitrogens with two attached hydrogens (primary N) is 1. The largest absolute Gasteiger partial charge is 0.324 e. The van der Waals surface area contributed by atoms with Gasteiger partial charge < -0.3 is 5.73 Å². The van der Waals surface area contributed by atoms with Gasteiger partial charge in [0.1, 0.15) is 5.03 Å². The molecule has 17 heavy (non-hydrogen) atoms. The summed E-state index contributed by atoms with van der Waals surface area (Å²) in [5.74, 6) is 0. The van der Waals surface area contributed by atoms with Crippen molar-refractivity contribution in [2.24, 2.45) is 5.73 Å². The number of benzene rings is 1. The summed E-state index contributed by atoms with van der Waals surface area (Å²) in [6.07, 6.45) is 6.09. The molecule has 0 saturated carbocycles. The van der Waals surface area contributed by atoms with E-state index < -0.39 is 0 Å². The Morgan fingerprint density at radius 3 is 2.59 bits per heavy atom. The summed E-state index contributed by atoms with van der Waals surface area (Å²) in [5, 5.41) is 0.903. The predicted molar refractivity (Wildman–Crippen MR) is 69.8 cm³/mol. The maximum absolute atomic E-state index is 5.97. The van der Waals surface area contributed by atoms with Gasteiger partial charge in [-0.25, -0.2) is 4.98 Å². The molecular weight excluding hydrogens is 230 g/mol. The lowest BCUT2D eigenvalue weighted by molar-refractivity contribution is 0.698. The Bertz CT molecular complexity index is 456. The zero-order valence-electron chi connectivity index (χ0n) is 9.71. The quantitative estimate of drug-likeness (QED) is 0.899. The Morgan fingerprint density at radius 2 is 2.00 bits per heavy atom. The van der Waals surface area contributed by atoms with E-state index in [0.29, 0.717) is 0 Å². The van der Waals surface area contributed by atoms with Crippen molar-refractivity contribution in [1.82, 2.24) is 9.97 Å². The van der Waals surface area contributed by atoms with E-state index in [9.17, 15) is 0 Å². The highest BCUT2D eigenvalue weighted by Gasteiger charge is 2.03. The third-order valence-corrected chi connectivity index (χ3v) is 3.44. The first-order valence-electron chi connectivity index (χ1n) is 5.59. The van der Waals surface area contributed by atoms with E-state index in [0.717, 1.165) is 16.3 Å². The average molecular weight is 245 g/mol. The van der Waals surface area contributed by atoms with Crippen LogP contribution in [-0.4, -0.2) is 9.97 Å². The summed E-state index contributed by atoms with van der Waals surface area (Å²) in [5.41, 5.74) is 7.14. The smallest absolute Gasteiger partial charge is 0.119 e. The zero-order valence-corrected chi connectivity index (χ0v) is 10.5. The summed E-state index contributed by atoms with van der Waals surface area (Å²) in [6, 6.07) is 8.43. The van der Waals surface area contributed by atoms with Gasteiger partial charge in [-0.15, -0.1) is 0 Å². The van der Waals surface area contributed by atoms with Crippen molar-refractivity contribution in [3.8, 4) is 0 Å². The first-order valence-corrected chi connectivity index (χ1v) is 6.40. The van der Waals surface area contributed by atoms with Crippen LogP contribution in [0.15, 0.2) is 52.8 Å². The molecule has 0 radical (unpaired) electrons. The minimum atomic E-state index is 0.130. The Morgan fingerprint density at radius 1 is 1.24 bits per heavy atom. The van der Waals surface area contributed by atoms with Crippen molar-refractivity contribution >= 4 is 11.8 Å². The van der Waals surface area contributed by atoms with Crippen LogP contribution in [-0.2, 0) is 0 Å². The minimum absolute atomic E-state index is 0.130. The Kier molecular flexibility index (Phi) is 4.12. The number of hydrogen-bond acceptors (Lipinski definition) is 4. The van der Waals surface area contributed by atoms with E-state index in [4.69, 9.17) is 5.73 Å². The first kappa shape index (κ1) is 12.1. The summed E-state index contributed by atoms with van der Waals surface area (Å²) >= 11 is 1.60. The summed E-state index contributed by atoms with van der Waals surface area (Å²) in [7, 11) is 0. The number of nitrogens with zero attached hydrogens (tertiary/aromatic N) is 2. The normalized spacial score (nSPS) is 12.4. The van der Waals surface area contributed by atoms with Crippen molar-refractivity contribution in [1.29, 1.82) is 0 Å². The van der Waals surface area contributed by atoms with Gasteiger partial charge in [-0.05, 0) is 24.1 Å². The van der Waals surface area contributed by atoms with Crippen molar-refractivity contribution in [2.75, 3.05) is 0 Å². The molecule has 0 amide bonds. The second-order valence-electron chi connectivity index (χ2n) is 3.73. The molecule has 1 atom stereocenters. The third kappa shape index (κ3) is 3.28. The van der Waals surface area contributed by atoms with Gasteiger partial charge >= 0.3 is 0 Å². The zero-order chi connectivity index (χ0) is 12.1. The van der Waals surface area contributed by atoms with E-state index >= 15 is 0 Å². The van der Waals surface area contributed by atoms with Gasteiger partial charge in [0.25, 0.3) is 0 Å². The topological polar surface area (TPSA) is 51.8 Å². The molecule has 0 aliphatic carbocycles. The maximum atomic E-state index is 5.97. The van der Waals surface area contributed by atoms with E-state index in [-0.39, 0.29) is 6.04 Å². The molecule has 0 spiro atoms. The molecule has 1 aromatic carbocycles. The second-order valence-corrected chi connectivity index (χ2v) is 4.82. The van der Waals surface area contributed by atoms with Crippen LogP contribution in [0.3, 0.4) is 0 Å². The van der Waals surface area contributed by atoms with E-state index in [1.165, 1.54) is 5.56 Å². The van der Waals surface area contributed by atoms with Crippen molar-refractivity contribution < 1.29 is 0 Å². The molecular formula is C13H15N3S. The second kappa shape index (κ2) is 5.80. The van der Waals surface area contributed by atoms with Gasteiger partial charge in [0, 0.05) is 23.3 Å². The van der Waals surface area contributed by atoms with Gasteiger partial charge in [-0.3, -0.25) is 4.98 Å². The van der Waals surface area contributed by atoms with Gasteiger partial charge in [0.05, 0.1) is 6.20 Å².